The van der Waals surface area contributed by atoms with Crippen molar-refractivity contribution in [1.82, 2.24) is 0 Å². The molecule has 2 aromatic rings. The first kappa shape index (κ1) is 15.3. The Morgan fingerprint density at radius 1 is 1.14 bits per heavy atom. The third-order valence-electron chi connectivity index (χ3n) is 2.80. The van der Waals surface area contributed by atoms with Gasteiger partial charge in [-0.25, -0.2) is 4.39 Å². The van der Waals surface area contributed by atoms with Crippen LogP contribution in [0.25, 0.3) is 0 Å². The Balaban J connectivity index is 2.17. The number of aldehydes is 1. The van der Waals surface area contributed by atoms with Gasteiger partial charge in [-0.1, -0.05) is 17.7 Å². The Kier molecular flexibility index (Phi) is 5.17. The zero-order valence-electron chi connectivity index (χ0n) is 11.4. The van der Waals surface area contributed by atoms with Crippen LogP contribution < -0.4 is 9.47 Å². The van der Waals surface area contributed by atoms with Crippen LogP contribution in [0.15, 0.2) is 36.4 Å². The van der Waals surface area contributed by atoms with Crippen molar-refractivity contribution in [3.05, 3.63) is 58.4 Å². The van der Waals surface area contributed by atoms with Crippen molar-refractivity contribution in [2.75, 3.05) is 6.61 Å². The summed E-state index contributed by atoms with van der Waals surface area (Å²) in [7, 11) is 0. The number of carbonyl (C=O) groups excluding carboxylic acids is 1. The molecule has 0 aliphatic rings. The third kappa shape index (κ3) is 3.95. The highest BCUT2D eigenvalue weighted by Crippen LogP contribution is 2.29. The molecule has 2 aromatic carbocycles. The van der Waals surface area contributed by atoms with Crippen LogP contribution in [0.3, 0.4) is 0 Å². The molecule has 0 heterocycles. The van der Waals surface area contributed by atoms with E-state index in [1.165, 1.54) is 12.1 Å². The first-order chi connectivity index (χ1) is 10.1. The summed E-state index contributed by atoms with van der Waals surface area (Å²) in [6.45, 7) is 2.48. The van der Waals surface area contributed by atoms with E-state index in [2.05, 4.69) is 0 Å². The molecule has 0 spiro atoms. The minimum absolute atomic E-state index is 0.180. The molecule has 0 N–H and O–H groups in total. The number of benzene rings is 2. The molecular weight excluding hydrogens is 295 g/mol. The van der Waals surface area contributed by atoms with Gasteiger partial charge in [0.05, 0.1) is 11.6 Å². The van der Waals surface area contributed by atoms with Crippen LogP contribution in [0.4, 0.5) is 4.39 Å². The van der Waals surface area contributed by atoms with Crippen LogP contribution in [0.2, 0.25) is 5.02 Å². The Bertz CT molecular complexity index is 643. The second-order valence-electron chi connectivity index (χ2n) is 4.28. The molecule has 0 aliphatic carbocycles. The Labute approximate surface area is 127 Å². The number of ether oxygens (including phenoxy) is 2. The maximum absolute atomic E-state index is 13.0. The molecule has 110 valence electrons. The largest absolute Gasteiger partial charge is 0.490 e. The van der Waals surface area contributed by atoms with Crippen molar-refractivity contribution in [3.63, 3.8) is 0 Å². The van der Waals surface area contributed by atoms with Gasteiger partial charge < -0.3 is 9.47 Å². The first-order valence-corrected chi connectivity index (χ1v) is 6.80. The third-order valence-corrected chi connectivity index (χ3v) is 3.15. The van der Waals surface area contributed by atoms with E-state index in [0.717, 1.165) is 6.29 Å². The van der Waals surface area contributed by atoms with Gasteiger partial charge in [0.15, 0.2) is 11.5 Å². The summed E-state index contributed by atoms with van der Waals surface area (Å²) in [5.74, 6) is 0.595. The van der Waals surface area contributed by atoms with Crippen LogP contribution in [0.1, 0.15) is 22.8 Å². The molecule has 0 saturated heterocycles. The van der Waals surface area contributed by atoms with Crippen LogP contribution in [-0.2, 0) is 6.61 Å². The SMILES string of the molecule is CCOc1cc(C=O)ccc1OCc1ccc(F)cc1Cl. The molecule has 0 aliphatic heterocycles. The van der Waals surface area contributed by atoms with Gasteiger partial charge in [-0.15, -0.1) is 0 Å². The highest BCUT2D eigenvalue weighted by Gasteiger charge is 2.08. The van der Waals surface area contributed by atoms with Crippen molar-refractivity contribution in [2.45, 2.75) is 13.5 Å². The first-order valence-electron chi connectivity index (χ1n) is 6.42. The quantitative estimate of drug-likeness (QED) is 0.748. The standard InChI is InChI=1S/C16H14ClFO3/c1-2-20-16-7-11(9-19)3-6-15(16)21-10-12-4-5-13(18)8-14(12)17/h3-9H,2,10H2,1H3. The second kappa shape index (κ2) is 7.09. The smallest absolute Gasteiger partial charge is 0.161 e. The van der Waals surface area contributed by atoms with E-state index in [9.17, 15) is 9.18 Å². The summed E-state index contributed by atoms with van der Waals surface area (Å²) in [6.07, 6.45) is 0.739. The molecule has 0 radical (unpaired) electrons. The maximum Gasteiger partial charge on any atom is 0.161 e. The molecule has 21 heavy (non-hydrogen) atoms. The monoisotopic (exact) mass is 308 g/mol. The van der Waals surface area contributed by atoms with E-state index in [1.807, 2.05) is 6.92 Å². The number of carbonyl (C=O) groups is 1. The molecule has 0 unspecified atom stereocenters. The topological polar surface area (TPSA) is 35.5 Å². The van der Waals surface area contributed by atoms with Gasteiger partial charge in [0, 0.05) is 11.1 Å². The molecule has 0 atom stereocenters. The number of hydrogen-bond acceptors (Lipinski definition) is 3. The fraction of sp³-hybridized carbons (Fsp3) is 0.188. The highest BCUT2D eigenvalue weighted by molar-refractivity contribution is 6.31. The van der Waals surface area contributed by atoms with Gasteiger partial charge in [0.25, 0.3) is 0 Å². The van der Waals surface area contributed by atoms with E-state index in [4.69, 9.17) is 21.1 Å². The van der Waals surface area contributed by atoms with Gasteiger partial charge in [-0.05, 0) is 37.3 Å². The lowest BCUT2D eigenvalue weighted by Crippen LogP contribution is -2.01. The lowest BCUT2D eigenvalue weighted by Gasteiger charge is -2.13. The fourth-order valence-electron chi connectivity index (χ4n) is 1.78. The Morgan fingerprint density at radius 3 is 2.62 bits per heavy atom. The average Bonchev–Trinajstić information content (AvgIpc) is 2.47. The zero-order valence-corrected chi connectivity index (χ0v) is 12.2. The zero-order chi connectivity index (χ0) is 15.2. The predicted octanol–water partition coefficient (Wildman–Crippen LogP) is 4.27. The molecule has 3 nitrogen and oxygen atoms in total. The van der Waals surface area contributed by atoms with Gasteiger partial charge in [-0.3, -0.25) is 4.79 Å². The van der Waals surface area contributed by atoms with Crippen LogP contribution in [-0.4, -0.2) is 12.9 Å². The average molecular weight is 309 g/mol. The molecule has 0 aromatic heterocycles. The predicted molar refractivity (Wildman–Crippen MR) is 78.7 cm³/mol. The van der Waals surface area contributed by atoms with Crippen molar-refractivity contribution in [3.8, 4) is 11.5 Å². The summed E-state index contributed by atoms with van der Waals surface area (Å²) >= 11 is 5.95. The molecular formula is C16H14ClFO3. The molecule has 5 heteroatoms. The number of hydrogen-bond donors (Lipinski definition) is 0. The lowest BCUT2D eigenvalue weighted by molar-refractivity contribution is 0.112. The van der Waals surface area contributed by atoms with Crippen molar-refractivity contribution < 1.29 is 18.7 Å². The Morgan fingerprint density at radius 2 is 1.95 bits per heavy atom. The minimum Gasteiger partial charge on any atom is -0.490 e. The summed E-state index contributed by atoms with van der Waals surface area (Å²) < 4.78 is 24.1. The Hall–Kier alpha value is -2.07. The highest BCUT2D eigenvalue weighted by atomic mass is 35.5. The van der Waals surface area contributed by atoms with Crippen molar-refractivity contribution in [2.24, 2.45) is 0 Å². The molecule has 0 amide bonds. The van der Waals surface area contributed by atoms with Gasteiger partial charge in [0.2, 0.25) is 0 Å². The van der Waals surface area contributed by atoms with Crippen LogP contribution in [0, 0.1) is 5.82 Å². The summed E-state index contributed by atoms with van der Waals surface area (Å²) in [5.41, 5.74) is 1.17. The maximum atomic E-state index is 13.0. The second-order valence-corrected chi connectivity index (χ2v) is 4.69. The number of rotatable bonds is 6. The van der Waals surface area contributed by atoms with E-state index in [1.54, 1.807) is 24.3 Å². The normalized spacial score (nSPS) is 10.2. The van der Waals surface area contributed by atoms with E-state index < -0.39 is 5.82 Å². The molecule has 0 saturated carbocycles. The van der Waals surface area contributed by atoms with E-state index in [0.29, 0.717) is 34.3 Å². The lowest BCUT2D eigenvalue weighted by atomic mass is 10.2. The van der Waals surface area contributed by atoms with Crippen LogP contribution in [0.5, 0.6) is 11.5 Å². The van der Waals surface area contributed by atoms with Gasteiger partial charge >= 0.3 is 0 Å². The van der Waals surface area contributed by atoms with Crippen LogP contribution >= 0.6 is 11.6 Å². The van der Waals surface area contributed by atoms with Crippen molar-refractivity contribution >= 4 is 17.9 Å². The van der Waals surface area contributed by atoms with Gasteiger partial charge in [-0.2, -0.15) is 0 Å². The molecule has 0 fully saturated rings. The van der Waals surface area contributed by atoms with E-state index >= 15 is 0 Å². The molecule has 2 rings (SSSR count). The summed E-state index contributed by atoms with van der Waals surface area (Å²) in [6, 6.07) is 9.03. The summed E-state index contributed by atoms with van der Waals surface area (Å²) in [4.78, 5) is 10.8. The fourth-order valence-corrected chi connectivity index (χ4v) is 2.00. The number of halogens is 2. The van der Waals surface area contributed by atoms with Gasteiger partial charge in [0.1, 0.15) is 18.7 Å². The van der Waals surface area contributed by atoms with Crippen molar-refractivity contribution in [1.29, 1.82) is 0 Å². The van der Waals surface area contributed by atoms with E-state index in [-0.39, 0.29) is 6.61 Å². The minimum atomic E-state index is -0.394. The summed E-state index contributed by atoms with van der Waals surface area (Å²) in [5, 5.41) is 0.303. The molecule has 0 bridgehead atoms.